The van der Waals surface area contributed by atoms with Gasteiger partial charge in [-0.3, -0.25) is 0 Å². The van der Waals surface area contributed by atoms with Gasteiger partial charge in [0.1, 0.15) is 4.88 Å². The highest BCUT2D eigenvalue weighted by atomic mass is 32.1. The highest BCUT2D eigenvalue weighted by Gasteiger charge is 2.15. The Balaban J connectivity index is 2.09. The van der Waals surface area contributed by atoms with Crippen LogP contribution in [0.4, 0.5) is 5.13 Å². The van der Waals surface area contributed by atoms with Crippen LogP contribution in [0.1, 0.15) is 26.5 Å². The fraction of sp³-hybridized carbons (Fsp3) is 0.286. The molecule has 1 aromatic heterocycles. The van der Waals surface area contributed by atoms with Crippen molar-refractivity contribution in [1.82, 2.24) is 4.98 Å². The second-order valence-electron chi connectivity index (χ2n) is 4.21. The molecule has 100 valence electrons. The molecule has 19 heavy (non-hydrogen) atoms. The minimum Gasteiger partial charge on any atom is -0.465 e. The van der Waals surface area contributed by atoms with Crippen LogP contribution in [0, 0.1) is 13.8 Å². The molecule has 0 unspecified atom stereocenters. The predicted octanol–water partition coefficient (Wildman–Crippen LogP) is 3.16. The standard InChI is InChI=1S/C14H16N2O2S/c1-9-6-4-5-7-11(9)8-15-14-16-10(2)12(19-14)13(17)18-3/h4-7H,8H2,1-3H3,(H,15,16). The zero-order valence-corrected chi connectivity index (χ0v) is 12.0. The van der Waals surface area contributed by atoms with E-state index in [0.29, 0.717) is 17.1 Å². The lowest BCUT2D eigenvalue weighted by Crippen LogP contribution is -2.00. The number of nitrogens with one attached hydrogen (secondary N) is 1. The number of ether oxygens (including phenoxy) is 1. The second-order valence-corrected chi connectivity index (χ2v) is 5.20. The van der Waals surface area contributed by atoms with Crippen molar-refractivity contribution in [2.75, 3.05) is 12.4 Å². The van der Waals surface area contributed by atoms with Crippen molar-refractivity contribution in [3.63, 3.8) is 0 Å². The summed E-state index contributed by atoms with van der Waals surface area (Å²) in [4.78, 5) is 16.4. The van der Waals surface area contributed by atoms with Crippen LogP contribution in [0.3, 0.4) is 0 Å². The molecular formula is C14H16N2O2S. The number of anilines is 1. The quantitative estimate of drug-likeness (QED) is 0.872. The normalized spacial score (nSPS) is 10.3. The van der Waals surface area contributed by atoms with E-state index in [-0.39, 0.29) is 5.97 Å². The van der Waals surface area contributed by atoms with Gasteiger partial charge in [0, 0.05) is 6.54 Å². The summed E-state index contributed by atoms with van der Waals surface area (Å²) >= 11 is 1.32. The first-order chi connectivity index (χ1) is 9.11. The average Bonchev–Trinajstić information content (AvgIpc) is 2.78. The van der Waals surface area contributed by atoms with Gasteiger partial charge in [-0.25, -0.2) is 9.78 Å². The van der Waals surface area contributed by atoms with Gasteiger partial charge in [-0.05, 0) is 25.0 Å². The number of esters is 1. The molecule has 0 bridgehead atoms. The first-order valence-corrected chi connectivity index (χ1v) is 6.77. The number of aryl methyl sites for hydroxylation is 2. The molecule has 1 N–H and O–H groups in total. The molecule has 1 aromatic carbocycles. The summed E-state index contributed by atoms with van der Waals surface area (Å²) in [5, 5.41) is 3.98. The van der Waals surface area contributed by atoms with E-state index < -0.39 is 0 Å². The Labute approximate surface area is 116 Å². The molecule has 2 rings (SSSR count). The Bertz CT molecular complexity index is 593. The maximum Gasteiger partial charge on any atom is 0.350 e. The van der Waals surface area contributed by atoms with Crippen molar-refractivity contribution in [1.29, 1.82) is 0 Å². The van der Waals surface area contributed by atoms with Gasteiger partial charge in [-0.15, -0.1) is 0 Å². The van der Waals surface area contributed by atoms with Crippen molar-refractivity contribution < 1.29 is 9.53 Å². The molecule has 0 aliphatic rings. The maximum absolute atomic E-state index is 11.5. The molecule has 0 radical (unpaired) electrons. The SMILES string of the molecule is COC(=O)c1sc(NCc2ccccc2C)nc1C. The number of carbonyl (C=O) groups is 1. The number of hydrogen-bond acceptors (Lipinski definition) is 5. The summed E-state index contributed by atoms with van der Waals surface area (Å²) < 4.78 is 4.72. The van der Waals surface area contributed by atoms with Gasteiger partial charge in [0.2, 0.25) is 0 Å². The molecule has 0 atom stereocenters. The number of carbonyl (C=O) groups excluding carboxylic acids is 1. The van der Waals surface area contributed by atoms with E-state index >= 15 is 0 Å². The van der Waals surface area contributed by atoms with Crippen LogP contribution in [0.25, 0.3) is 0 Å². The molecule has 0 spiro atoms. The Morgan fingerprint density at radius 1 is 1.37 bits per heavy atom. The number of methoxy groups -OCH3 is 1. The van der Waals surface area contributed by atoms with Gasteiger partial charge < -0.3 is 10.1 Å². The number of nitrogens with zero attached hydrogens (tertiary/aromatic N) is 1. The molecule has 1 heterocycles. The van der Waals surface area contributed by atoms with Gasteiger partial charge in [0.25, 0.3) is 0 Å². The first kappa shape index (κ1) is 13.5. The van der Waals surface area contributed by atoms with Crippen molar-refractivity contribution in [2.24, 2.45) is 0 Å². The maximum atomic E-state index is 11.5. The molecule has 0 aliphatic carbocycles. The number of rotatable bonds is 4. The van der Waals surface area contributed by atoms with Crippen LogP contribution in [-0.2, 0) is 11.3 Å². The Hall–Kier alpha value is -1.88. The average molecular weight is 276 g/mol. The first-order valence-electron chi connectivity index (χ1n) is 5.96. The molecule has 2 aromatic rings. The van der Waals surface area contributed by atoms with Crippen molar-refractivity contribution in [3.8, 4) is 0 Å². The Kier molecular flexibility index (Phi) is 4.16. The molecule has 4 nitrogen and oxygen atoms in total. The predicted molar refractivity (Wildman–Crippen MR) is 76.7 cm³/mol. The summed E-state index contributed by atoms with van der Waals surface area (Å²) in [6.45, 7) is 4.58. The van der Waals surface area contributed by atoms with Crippen molar-refractivity contribution in [2.45, 2.75) is 20.4 Å². The molecule has 0 amide bonds. The topological polar surface area (TPSA) is 51.2 Å². The van der Waals surface area contributed by atoms with Gasteiger partial charge in [0.05, 0.1) is 12.8 Å². The number of aromatic nitrogens is 1. The van der Waals surface area contributed by atoms with Gasteiger partial charge in [0.15, 0.2) is 5.13 Å². The van der Waals surface area contributed by atoms with E-state index in [2.05, 4.69) is 29.4 Å². The second kappa shape index (κ2) is 5.84. The monoisotopic (exact) mass is 276 g/mol. The minimum atomic E-state index is -0.334. The lowest BCUT2D eigenvalue weighted by Gasteiger charge is -2.05. The van der Waals surface area contributed by atoms with E-state index in [9.17, 15) is 4.79 Å². The van der Waals surface area contributed by atoms with Crippen LogP contribution in [0.2, 0.25) is 0 Å². The van der Waals surface area contributed by atoms with Gasteiger partial charge >= 0.3 is 5.97 Å². The Morgan fingerprint density at radius 3 is 2.79 bits per heavy atom. The van der Waals surface area contributed by atoms with Crippen LogP contribution in [-0.4, -0.2) is 18.1 Å². The lowest BCUT2D eigenvalue weighted by molar-refractivity contribution is 0.0605. The number of hydrogen-bond donors (Lipinski definition) is 1. The summed E-state index contributed by atoms with van der Waals surface area (Å²) in [6.07, 6.45) is 0. The summed E-state index contributed by atoms with van der Waals surface area (Å²) in [5.74, 6) is -0.334. The fourth-order valence-electron chi connectivity index (χ4n) is 1.73. The van der Waals surface area contributed by atoms with Gasteiger partial charge in [-0.1, -0.05) is 35.6 Å². The molecule has 0 saturated carbocycles. The van der Waals surface area contributed by atoms with Crippen LogP contribution in [0.15, 0.2) is 24.3 Å². The smallest absolute Gasteiger partial charge is 0.350 e. The summed E-state index contributed by atoms with van der Waals surface area (Å²) in [7, 11) is 1.38. The number of benzene rings is 1. The third kappa shape index (κ3) is 3.12. The van der Waals surface area contributed by atoms with Crippen molar-refractivity contribution >= 4 is 22.4 Å². The third-order valence-electron chi connectivity index (χ3n) is 2.86. The highest BCUT2D eigenvalue weighted by Crippen LogP contribution is 2.24. The lowest BCUT2D eigenvalue weighted by atomic mass is 10.1. The Morgan fingerprint density at radius 2 is 2.11 bits per heavy atom. The molecule has 0 aliphatic heterocycles. The molecule has 0 saturated heterocycles. The van der Waals surface area contributed by atoms with Crippen LogP contribution in [0.5, 0.6) is 0 Å². The molecule has 0 fully saturated rings. The molecule has 5 heteroatoms. The highest BCUT2D eigenvalue weighted by molar-refractivity contribution is 7.17. The fourth-order valence-corrected chi connectivity index (χ4v) is 2.61. The van der Waals surface area contributed by atoms with Gasteiger partial charge in [-0.2, -0.15) is 0 Å². The third-order valence-corrected chi connectivity index (χ3v) is 3.95. The van der Waals surface area contributed by atoms with E-state index in [1.807, 2.05) is 19.1 Å². The van der Waals surface area contributed by atoms with Crippen molar-refractivity contribution in [3.05, 3.63) is 46.0 Å². The number of thiazole rings is 1. The molecular weight excluding hydrogens is 260 g/mol. The minimum absolute atomic E-state index is 0.334. The zero-order valence-electron chi connectivity index (χ0n) is 11.2. The summed E-state index contributed by atoms with van der Waals surface area (Å²) in [6, 6.07) is 8.17. The van der Waals surface area contributed by atoms with E-state index in [1.165, 1.54) is 29.6 Å². The largest absolute Gasteiger partial charge is 0.465 e. The van der Waals surface area contributed by atoms with Crippen LogP contribution < -0.4 is 5.32 Å². The van der Waals surface area contributed by atoms with E-state index in [0.717, 1.165) is 5.13 Å². The van der Waals surface area contributed by atoms with Crippen LogP contribution >= 0.6 is 11.3 Å². The van der Waals surface area contributed by atoms with E-state index in [4.69, 9.17) is 4.74 Å². The summed E-state index contributed by atoms with van der Waals surface area (Å²) in [5.41, 5.74) is 3.15. The zero-order chi connectivity index (χ0) is 13.8. The van der Waals surface area contributed by atoms with E-state index in [1.54, 1.807) is 0 Å².